The van der Waals surface area contributed by atoms with Crippen molar-refractivity contribution in [1.82, 2.24) is 0 Å². The first-order valence-corrected chi connectivity index (χ1v) is 21.4. The Bertz CT molecular complexity index is 3300. The second-order valence-corrected chi connectivity index (χ2v) is 17.0. The van der Waals surface area contributed by atoms with E-state index in [0.717, 1.165) is 17.1 Å². The van der Waals surface area contributed by atoms with E-state index in [1.54, 1.807) is 0 Å². The summed E-state index contributed by atoms with van der Waals surface area (Å²) in [5, 5.41) is 7.60. The lowest BCUT2D eigenvalue weighted by molar-refractivity contribution is 0.457. The zero-order valence-corrected chi connectivity index (χ0v) is 33.2. The quantitative estimate of drug-likeness (QED) is 0.152. The molecule has 2 heteroatoms. The Morgan fingerprint density at radius 2 is 1.14 bits per heavy atom. The molecular weight excluding hydrogens is 731 g/mol. The molecule has 0 fully saturated rings. The van der Waals surface area contributed by atoms with Crippen LogP contribution in [0.15, 0.2) is 224 Å². The molecule has 2 aliphatic carbocycles. The van der Waals surface area contributed by atoms with Gasteiger partial charge in [-0.05, 0) is 85.9 Å². The van der Waals surface area contributed by atoms with E-state index in [4.69, 9.17) is 0 Å². The first-order chi connectivity index (χ1) is 29.3. The van der Waals surface area contributed by atoms with Crippen molar-refractivity contribution in [2.75, 3.05) is 4.90 Å². The molecule has 0 N–H and O–H groups in total. The van der Waals surface area contributed by atoms with E-state index in [9.17, 15) is 0 Å². The molecule has 0 spiro atoms. The number of rotatable bonds is 6. The molecule has 3 atom stereocenters. The van der Waals surface area contributed by atoms with E-state index in [1.165, 1.54) is 75.1 Å². The lowest BCUT2D eigenvalue weighted by atomic mass is 9.63. The summed E-state index contributed by atoms with van der Waals surface area (Å²) in [4.78, 5) is 2.48. The maximum Gasteiger partial charge on any atom is 0.0546 e. The standard InChI is InChI=1S/C57H39NS/c1-2-18-40(19-3-1)57(52-29-11-8-23-47(52)48-24-9-12-30-53(48)57)41-32-34-42(35-33-41)58(54-37-39-16-4-5-21-44(39)46-22-6-7-25-49(46)54)43-20-14-17-38(36-43)45-27-15-28-51-50-26-10-13-31-55(50)59-56(45)51/h1-37,47,52H. The van der Waals surface area contributed by atoms with Gasteiger partial charge in [-0.2, -0.15) is 0 Å². The number of allylic oxidation sites excluding steroid dienone is 4. The van der Waals surface area contributed by atoms with Crippen LogP contribution in [-0.2, 0) is 5.41 Å². The average molecular weight is 770 g/mol. The summed E-state index contributed by atoms with van der Waals surface area (Å²) in [5.41, 5.74) is 11.0. The van der Waals surface area contributed by atoms with Gasteiger partial charge in [-0.3, -0.25) is 0 Å². The molecule has 59 heavy (non-hydrogen) atoms. The second-order valence-electron chi connectivity index (χ2n) is 16.0. The van der Waals surface area contributed by atoms with Crippen molar-refractivity contribution in [3.8, 4) is 11.1 Å². The minimum atomic E-state index is -0.342. The van der Waals surface area contributed by atoms with Crippen LogP contribution in [0, 0.1) is 5.92 Å². The molecule has 0 aliphatic heterocycles. The molecule has 0 amide bonds. The second kappa shape index (κ2) is 13.6. The molecule has 12 rings (SSSR count). The first-order valence-electron chi connectivity index (χ1n) is 20.6. The monoisotopic (exact) mass is 769 g/mol. The predicted octanol–water partition coefficient (Wildman–Crippen LogP) is 15.7. The summed E-state index contributed by atoms with van der Waals surface area (Å²) in [7, 11) is 0. The highest BCUT2D eigenvalue weighted by molar-refractivity contribution is 7.26. The molecule has 2 aliphatic rings. The van der Waals surface area contributed by atoms with Gasteiger partial charge in [0.2, 0.25) is 0 Å². The maximum absolute atomic E-state index is 2.48. The Kier molecular flexibility index (Phi) is 7.83. The van der Waals surface area contributed by atoms with Crippen LogP contribution in [0.2, 0.25) is 0 Å². The number of benzene rings is 9. The highest BCUT2D eigenvalue weighted by Gasteiger charge is 2.52. The predicted molar refractivity (Wildman–Crippen MR) is 252 cm³/mol. The van der Waals surface area contributed by atoms with Gasteiger partial charge in [-0.25, -0.2) is 0 Å². The average Bonchev–Trinajstić information content (AvgIpc) is 3.84. The van der Waals surface area contributed by atoms with Gasteiger partial charge < -0.3 is 4.90 Å². The summed E-state index contributed by atoms with van der Waals surface area (Å²) in [6, 6.07) is 74.6. The number of hydrogen-bond donors (Lipinski definition) is 0. The lowest BCUT2D eigenvalue weighted by Gasteiger charge is -2.39. The van der Waals surface area contributed by atoms with Crippen molar-refractivity contribution in [3.63, 3.8) is 0 Å². The zero-order chi connectivity index (χ0) is 38.9. The van der Waals surface area contributed by atoms with Crippen LogP contribution in [0.25, 0.3) is 52.8 Å². The Balaban J connectivity index is 1.08. The zero-order valence-electron chi connectivity index (χ0n) is 32.4. The van der Waals surface area contributed by atoms with E-state index in [1.807, 2.05) is 11.3 Å². The van der Waals surface area contributed by atoms with Gasteiger partial charge in [0.1, 0.15) is 0 Å². The van der Waals surface area contributed by atoms with Gasteiger partial charge in [0.15, 0.2) is 0 Å². The Morgan fingerprint density at radius 1 is 0.458 bits per heavy atom. The Hall–Kier alpha value is -7.00. The van der Waals surface area contributed by atoms with Gasteiger partial charge in [0, 0.05) is 48.8 Å². The molecule has 0 bridgehead atoms. The molecule has 0 saturated carbocycles. The van der Waals surface area contributed by atoms with Gasteiger partial charge in [0.25, 0.3) is 0 Å². The minimum Gasteiger partial charge on any atom is -0.310 e. The molecule has 278 valence electrons. The molecule has 0 saturated heterocycles. The third-order valence-corrected chi connectivity index (χ3v) is 14.2. The van der Waals surface area contributed by atoms with Crippen molar-refractivity contribution in [2.45, 2.75) is 11.3 Å². The molecule has 1 heterocycles. The van der Waals surface area contributed by atoms with Gasteiger partial charge in [-0.1, -0.05) is 188 Å². The normalized spacial score (nSPS) is 18.1. The van der Waals surface area contributed by atoms with E-state index >= 15 is 0 Å². The smallest absolute Gasteiger partial charge is 0.0546 e. The highest BCUT2D eigenvalue weighted by atomic mass is 32.1. The van der Waals surface area contributed by atoms with Crippen LogP contribution in [-0.4, -0.2) is 0 Å². The molecule has 0 radical (unpaired) electrons. The summed E-state index contributed by atoms with van der Waals surface area (Å²) in [5.74, 6) is 0.566. The lowest BCUT2D eigenvalue weighted by Crippen LogP contribution is -2.35. The Labute approximate surface area is 348 Å². The van der Waals surface area contributed by atoms with Crippen molar-refractivity contribution in [1.29, 1.82) is 0 Å². The number of nitrogens with zero attached hydrogens (tertiary/aromatic N) is 1. The van der Waals surface area contributed by atoms with Crippen LogP contribution in [0.1, 0.15) is 28.2 Å². The van der Waals surface area contributed by atoms with Crippen molar-refractivity contribution in [3.05, 3.63) is 247 Å². The fourth-order valence-electron chi connectivity index (χ4n) is 10.5. The topological polar surface area (TPSA) is 3.24 Å². The molecule has 1 nitrogen and oxygen atoms in total. The van der Waals surface area contributed by atoms with E-state index in [2.05, 4.69) is 229 Å². The van der Waals surface area contributed by atoms with Crippen molar-refractivity contribution in [2.24, 2.45) is 5.92 Å². The SMILES string of the molecule is C1=CC2c3ccccc3C(c3ccccc3)(c3ccc(N(c4cccc(-c5cccc6c5sc5ccccc56)c4)c4cc5ccccc5c5ccccc45)cc3)C2C=C1. The Morgan fingerprint density at radius 3 is 2.02 bits per heavy atom. The van der Waals surface area contributed by atoms with Gasteiger partial charge >= 0.3 is 0 Å². The van der Waals surface area contributed by atoms with Crippen LogP contribution >= 0.6 is 11.3 Å². The highest BCUT2D eigenvalue weighted by Crippen LogP contribution is 2.59. The minimum absolute atomic E-state index is 0.256. The number of fused-ring (bicyclic) bond motifs is 9. The summed E-state index contributed by atoms with van der Waals surface area (Å²) < 4.78 is 2.64. The molecule has 9 aromatic carbocycles. The first kappa shape index (κ1) is 34.1. The third kappa shape index (κ3) is 5.16. The molecule has 10 aromatic rings. The maximum atomic E-state index is 2.48. The third-order valence-electron chi connectivity index (χ3n) is 13.0. The fraction of sp³-hybridized carbons (Fsp3) is 0.0526. The van der Waals surface area contributed by atoms with Crippen LogP contribution in [0.4, 0.5) is 17.1 Å². The molecule has 1 aromatic heterocycles. The fourth-order valence-corrected chi connectivity index (χ4v) is 11.8. The van der Waals surface area contributed by atoms with E-state index in [-0.39, 0.29) is 11.3 Å². The molecule has 3 unspecified atom stereocenters. The van der Waals surface area contributed by atoms with Crippen LogP contribution < -0.4 is 4.90 Å². The van der Waals surface area contributed by atoms with E-state index < -0.39 is 0 Å². The number of anilines is 3. The molecular formula is C57H39NS. The largest absolute Gasteiger partial charge is 0.310 e. The summed E-state index contributed by atoms with van der Waals surface area (Å²) >= 11 is 1.89. The van der Waals surface area contributed by atoms with Gasteiger partial charge in [0.05, 0.1) is 11.1 Å². The van der Waals surface area contributed by atoms with Crippen molar-refractivity contribution < 1.29 is 0 Å². The van der Waals surface area contributed by atoms with Crippen LogP contribution in [0.3, 0.4) is 0 Å². The number of hydrogen-bond acceptors (Lipinski definition) is 2. The number of thiophene rings is 1. The van der Waals surface area contributed by atoms with Crippen LogP contribution in [0.5, 0.6) is 0 Å². The summed E-state index contributed by atoms with van der Waals surface area (Å²) in [6.45, 7) is 0. The van der Waals surface area contributed by atoms with Gasteiger partial charge in [-0.15, -0.1) is 11.3 Å². The van der Waals surface area contributed by atoms with Crippen molar-refractivity contribution >= 4 is 70.1 Å². The summed E-state index contributed by atoms with van der Waals surface area (Å²) in [6.07, 6.45) is 9.32. The van der Waals surface area contributed by atoms with E-state index in [0.29, 0.717) is 5.92 Å².